The lowest BCUT2D eigenvalue weighted by Gasteiger charge is -2.05. The number of aryl methyl sites for hydroxylation is 1. The number of hydrogen-bond acceptors (Lipinski definition) is 3. The molecule has 3 rings (SSSR count). The Labute approximate surface area is 140 Å². The molecule has 0 fully saturated rings. The van der Waals surface area contributed by atoms with E-state index in [9.17, 15) is 4.79 Å². The van der Waals surface area contributed by atoms with Crippen LogP contribution in [0.15, 0.2) is 71.8 Å². The van der Waals surface area contributed by atoms with Gasteiger partial charge in [0.2, 0.25) is 0 Å². The summed E-state index contributed by atoms with van der Waals surface area (Å²) in [5, 5.41) is 6.24. The second-order valence-electron chi connectivity index (χ2n) is 5.46. The van der Waals surface area contributed by atoms with Gasteiger partial charge < -0.3 is 4.74 Å². The van der Waals surface area contributed by atoms with Crippen LogP contribution in [0.1, 0.15) is 11.1 Å². The first-order chi connectivity index (χ1) is 11.7. The van der Waals surface area contributed by atoms with Crippen molar-refractivity contribution in [1.29, 1.82) is 0 Å². The fourth-order valence-corrected chi connectivity index (χ4v) is 2.35. The lowest BCUT2D eigenvalue weighted by Crippen LogP contribution is -2.24. The van der Waals surface area contributed by atoms with Crippen LogP contribution in [0.2, 0.25) is 0 Å². The van der Waals surface area contributed by atoms with E-state index in [1.807, 2.05) is 73.7 Å². The van der Waals surface area contributed by atoms with Gasteiger partial charge in [0.05, 0.1) is 6.21 Å². The van der Waals surface area contributed by atoms with Crippen molar-refractivity contribution in [2.75, 3.05) is 6.61 Å². The molecule has 0 unspecified atom stereocenters. The Kier molecular flexibility index (Phi) is 4.87. The average Bonchev–Trinajstić information content (AvgIpc) is 2.61. The van der Waals surface area contributed by atoms with Gasteiger partial charge in [-0.15, -0.1) is 0 Å². The lowest BCUT2D eigenvalue weighted by molar-refractivity contribution is -0.123. The zero-order valence-electron chi connectivity index (χ0n) is 13.4. The Morgan fingerprint density at radius 2 is 1.79 bits per heavy atom. The van der Waals surface area contributed by atoms with Gasteiger partial charge in [0, 0.05) is 5.56 Å². The number of hydrogen-bond donors (Lipinski definition) is 1. The van der Waals surface area contributed by atoms with E-state index in [4.69, 9.17) is 4.74 Å². The summed E-state index contributed by atoms with van der Waals surface area (Å²) in [6, 6.07) is 21.6. The monoisotopic (exact) mass is 318 g/mol. The summed E-state index contributed by atoms with van der Waals surface area (Å²) < 4.78 is 5.41. The number of ether oxygens (including phenoxy) is 1. The number of fused-ring (bicyclic) bond motifs is 1. The molecule has 0 bridgehead atoms. The maximum Gasteiger partial charge on any atom is 0.277 e. The van der Waals surface area contributed by atoms with Gasteiger partial charge in [0.1, 0.15) is 5.75 Å². The summed E-state index contributed by atoms with van der Waals surface area (Å²) in [5.74, 6) is 0.362. The highest BCUT2D eigenvalue weighted by Gasteiger charge is 2.02. The highest BCUT2D eigenvalue weighted by Crippen LogP contribution is 2.16. The maximum atomic E-state index is 11.8. The molecule has 1 amide bonds. The van der Waals surface area contributed by atoms with E-state index in [0.29, 0.717) is 5.75 Å². The predicted molar refractivity (Wildman–Crippen MR) is 96.4 cm³/mol. The minimum Gasteiger partial charge on any atom is -0.484 e. The maximum absolute atomic E-state index is 11.8. The first-order valence-corrected chi connectivity index (χ1v) is 7.71. The van der Waals surface area contributed by atoms with Gasteiger partial charge in [0.25, 0.3) is 5.91 Å². The highest BCUT2D eigenvalue weighted by atomic mass is 16.5. The van der Waals surface area contributed by atoms with Crippen molar-refractivity contribution >= 4 is 22.9 Å². The number of rotatable bonds is 5. The van der Waals surface area contributed by atoms with Gasteiger partial charge in [-0.1, -0.05) is 60.2 Å². The first kappa shape index (κ1) is 15.7. The Morgan fingerprint density at radius 3 is 2.62 bits per heavy atom. The zero-order chi connectivity index (χ0) is 16.8. The summed E-state index contributed by atoms with van der Waals surface area (Å²) >= 11 is 0. The normalized spacial score (nSPS) is 10.9. The molecule has 0 spiro atoms. The predicted octanol–water partition coefficient (Wildman–Crippen LogP) is 3.68. The SMILES string of the molecule is Cc1ccc(OCC(=O)N/N=C/c2cccc3ccccc23)cc1. The van der Waals surface area contributed by atoms with Crippen LogP contribution in [0.3, 0.4) is 0 Å². The van der Waals surface area contributed by atoms with Crippen molar-refractivity contribution in [2.24, 2.45) is 5.10 Å². The Morgan fingerprint density at radius 1 is 1.04 bits per heavy atom. The summed E-state index contributed by atoms with van der Waals surface area (Å²) in [6.07, 6.45) is 1.64. The van der Waals surface area contributed by atoms with Crippen molar-refractivity contribution in [1.82, 2.24) is 5.43 Å². The molecule has 0 aromatic heterocycles. The molecule has 3 aromatic rings. The molecule has 0 saturated carbocycles. The molecular formula is C20H18N2O2. The van der Waals surface area contributed by atoms with Gasteiger partial charge in [0.15, 0.2) is 6.61 Å². The van der Waals surface area contributed by atoms with Crippen LogP contribution in [-0.4, -0.2) is 18.7 Å². The van der Waals surface area contributed by atoms with Gasteiger partial charge in [-0.3, -0.25) is 4.79 Å². The third-order valence-electron chi connectivity index (χ3n) is 3.61. The average molecular weight is 318 g/mol. The molecule has 0 aliphatic rings. The number of benzene rings is 3. The van der Waals surface area contributed by atoms with Crippen LogP contribution in [-0.2, 0) is 4.79 Å². The van der Waals surface area contributed by atoms with Crippen molar-refractivity contribution in [3.63, 3.8) is 0 Å². The highest BCUT2D eigenvalue weighted by molar-refractivity contribution is 5.99. The van der Waals surface area contributed by atoms with Crippen molar-refractivity contribution in [3.05, 3.63) is 77.9 Å². The van der Waals surface area contributed by atoms with Crippen LogP contribution >= 0.6 is 0 Å². The molecule has 0 heterocycles. The Bertz CT molecular complexity index is 865. The van der Waals surface area contributed by atoms with E-state index in [-0.39, 0.29) is 12.5 Å². The molecule has 4 nitrogen and oxygen atoms in total. The number of amides is 1. The molecule has 1 N–H and O–H groups in total. The molecule has 0 aliphatic heterocycles. The number of nitrogens with zero attached hydrogens (tertiary/aromatic N) is 1. The van der Waals surface area contributed by atoms with Crippen molar-refractivity contribution in [3.8, 4) is 5.75 Å². The molecule has 3 aromatic carbocycles. The van der Waals surface area contributed by atoms with E-state index < -0.39 is 0 Å². The van der Waals surface area contributed by atoms with E-state index >= 15 is 0 Å². The topological polar surface area (TPSA) is 50.7 Å². The molecule has 120 valence electrons. The fourth-order valence-electron chi connectivity index (χ4n) is 2.35. The Hall–Kier alpha value is -3.14. The smallest absolute Gasteiger partial charge is 0.277 e. The van der Waals surface area contributed by atoms with Gasteiger partial charge in [-0.2, -0.15) is 5.10 Å². The molecule has 0 radical (unpaired) electrons. The number of nitrogens with one attached hydrogen (secondary N) is 1. The quantitative estimate of drug-likeness (QED) is 0.576. The van der Waals surface area contributed by atoms with E-state index in [0.717, 1.165) is 21.9 Å². The van der Waals surface area contributed by atoms with Crippen molar-refractivity contribution < 1.29 is 9.53 Å². The van der Waals surface area contributed by atoms with E-state index in [2.05, 4.69) is 10.5 Å². The van der Waals surface area contributed by atoms with E-state index in [1.165, 1.54) is 0 Å². The third kappa shape index (κ3) is 3.98. The minimum absolute atomic E-state index is 0.0735. The molecule has 0 saturated heterocycles. The molecule has 4 heteroatoms. The summed E-state index contributed by atoms with van der Waals surface area (Å²) in [5.41, 5.74) is 4.58. The molecular weight excluding hydrogens is 300 g/mol. The standard InChI is InChI=1S/C20H18N2O2/c1-15-9-11-18(12-10-15)24-14-20(23)22-21-13-17-7-4-6-16-5-2-3-8-19(16)17/h2-13H,14H2,1H3,(H,22,23)/b21-13+. The lowest BCUT2D eigenvalue weighted by atomic mass is 10.1. The Balaban J connectivity index is 1.57. The van der Waals surface area contributed by atoms with Crippen LogP contribution < -0.4 is 10.2 Å². The van der Waals surface area contributed by atoms with Gasteiger partial charge in [-0.25, -0.2) is 5.43 Å². The first-order valence-electron chi connectivity index (χ1n) is 7.71. The second kappa shape index (κ2) is 7.42. The van der Waals surface area contributed by atoms with E-state index in [1.54, 1.807) is 6.21 Å². The number of hydrazone groups is 1. The van der Waals surface area contributed by atoms with Crippen LogP contribution in [0, 0.1) is 6.92 Å². The third-order valence-corrected chi connectivity index (χ3v) is 3.61. The van der Waals surface area contributed by atoms with Gasteiger partial charge >= 0.3 is 0 Å². The van der Waals surface area contributed by atoms with Gasteiger partial charge in [-0.05, 0) is 29.8 Å². The van der Waals surface area contributed by atoms with Crippen LogP contribution in [0.5, 0.6) is 5.75 Å². The summed E-state index contributed by atoms with van der Waals surface area (Å²) in [4.78, 5) is 11.8. The minimum atomic E-state index is -0.299. The number of carbonyl (C=O) groups excluding carboxylic acids is 1. The largest absolute Gasteiger partial charge is 0.484 e. The molecule has 24 heavy (non-hydrogen) atoms. The summed E-state index contributed by atoms with van der Waals surface area (Å²) in [7, 11) is 0. The van der Waals surface area contributed by atoms with Crippen molar-refractivity contribution in [2.45, 2.75) is 6.92 Å². The second-order valence-corrected chi connectivity index (χ2v) is 5.46. The molecule has 0 atom stereocenters. The molecule has 0 aliphatic carbocycles. The number of carbonyl (C=O) groups is 1. The van der Waals surface area contributed by atoms with Crippen LogP contribution in [0.4, 0.5) is 0 Å². The fraction of sp³-hybridized carbons (Fsp3) is 0.100. The summed E-state index contributed by atoms with van der Waals surface area (Å²) in [6.45, 7) is 1.93. The zero-order valence-corrected chi connectivity index (χ0v) is 13.4. The van der Waals surface area contributed by atoms with Crippen LogP contribution in [0.25, 0.3) is 10.8 Å².